The molecule has 2 N–H and O–H groups in total. The third-order valence-electron chi connectivity index (χ3n) is 3.87. The molecule has 17 heavy (non-hydrogen) atoms. The van der Waals surface area contributed by atoms with Gasteiger partial charge >= 0.3 is 5.97 Å². The van der Waals surface area contributed by atoms with Gasteiger partial charge in [0.05, 0.1) is 5.92 Å². The molecule has 1 aliphatic rings. The van der Waals surface area contributed by atoms with Crippen LogP contribution in [0.2, 0.25) is 0 Å². The highest BCUT2D eigenvalue weighted by molar-refractivity contribution is 5.85. The van der Waals surface area contributed by atoms with Crippen molar-refractivity contribution in [2.45, 2.75) is 26.2 Å². The standard InChI is InChI=1S/C14H15NO2/c1-7-8(2)15-13-4-3-9(5-10(7)13)11-6-12(11)14(16)17/h3-5,11-12,15H,6H2,1-2H3,(H,16,17). The van der Waals surface area contributed by atoms with Crippen molar-refractivity contribution in [2.24, 2.45) is 5.92 Å². The third-order valence-corrected chi connectivity index (χ3v) is 3.87. The molecule has 2 atom stereocenters. The van der Waals surface area contributed by atoms with Gasteiger partial charge < -0.3 is 10.1 Å². The molecule has 1 aromatic heterocycles. The van der Waals surface area contributed by atoms with E-state index in [1.165, 1.54) is 16.6 Å². The van der Waals surface area contributed by atoms with Crippen LogP contribution < -0.4 is 0 Å². The zero-order valence-electron chi connectivity index (χ0n) is 9.95. The van der Waals surface area contributed by atoms with E-state index in [-0.39, 0.29) is 11.8 Å². The molecule has 1 aromatic carbocycles. The average Bonchev–Trinajstić information content (AvgIpc) is 3.04. The van der Waals surface area contributed by atoms with Gasteiger partial charge in [-0.05, 0) is 49.4 Å². The SMILES string of the molecule is Cc1[nH]c2ccc(C3CC3C(=O)O)cc2c1C. The Labute approximate surface area is 99.5 Å². The molecule has 1 saturated carbocycles. The first-order chi connectivity index (χ1) is 8.08. The van der Waals surface area contributed by atoms with Gasteiger partial charge in [0, 0.05) is 16.6 Å². The van der Waals surface area contributed by atoms with Crippen molar-refractivity contribution in [3.8, 4) is 0 Å². The number of fused-ring (bicyclic) bond motifs is 1. The number of carboxylic acids is 1. The lowest BCUT2D eigenvalue weighted by Crippen LogP contribution is -1.98. The largest absolute Gasteiger partial charge is 0.481 e. The van der Waals surface area contributed by atoms with E-state index in [1.807, 2.05) is 6.07 Å². The van der Waals surface area contributed by atoms with Crippen LogP contribution in [-0.2, 0) is 4.79 Å². The van der Waals surface area contributed by atoms with Crippen molar-refractivity contribution in [2.75, 3.05) is 0 Å². The zero-order chi connectivity index (χ0) is 12.2. The molecule has 1 fully saturated rings. The van der Waals surface area contributed by atoms with Crippen molar-refractivity contribution in [1.29, 1.82) is 0 Å². The van der Waals surface area contributed by atoms with Crippen molar-refractivity contribution in [1.82, 2.24) is 4.98 Å². The van der Waals surface area contributed by atoms with E-state index in [1.54, 1.807) is 0 Å². The summed E-state index contributed by atoms with van der Waals surface area (Å²) < 4.78 is 0. The minimum Gasteiger partial charge on any atom is -0.481 e. The van der Waals surface area contributed by atoms with Gasteiger partial charge in [0.25, 0.3) is 0 Å². The lowest BCUT2D eigenvalue weighted by atomic mass is 10.0. The maximum Gasteiger partial charge on any atom is 0.307 e. The maximum atomic E-state index is 10.9. The number of hydrogen-bond acceptors (Lipinski definition) is 1. The quantitative estimate of drug-likeness (QED) is 0.831. The molecule has 3 rings (SSSR count). The first-order valence-corrected chi connectivity index (χ1v) is 5.89. The van der Waals surface area contributed by atoms with Crippen molar-refractivity contribution in [3.63, 3.8) is 0 Å². The van der Waals surface area contributed by atoms with Gasteiger partial charge in [-0.1, -0.05) is 6.07 Å². The topological polar surface area (TPSA) is 53.1 Å². The monoisotopic (exact) mass is 229 g/mol. The number of benzene rings is 1. The van der Waals surface area contributed by atoms with Crippen molar-refractivity contribution >= 4 is 16.9 Å². The van der Waals surface area contributed by atoms with Crippen LogP contribution in [0.25, 0.3) is 10.9 Å². The predicted octanol–water partition coefficient (Wildman–Crippen LogP) is 2.97. The van der Waals surface area contributed by atoms with Crippen LogP contribution >= 0.6 is 0 Å². The highest BCUT2D eigenvalue weighted by Gasteiger charge is 2.44. The van der Waals surface area contributed by atoms with E-state index in [2.05, 4.69) is 31.0 Å². The summed E-state index contributed by atoms with van der Waals surface area (Å²) in [5, 5.41) is 10.2. The molecule has 2 unspecified atom stereocenters. The number of aromatic nitrogens is 1. The van der Waals surface area contributed by atoms with Crippen molar-refractivity contribution < 1.29 is 9.90 Å². The predicted molar refractivity (Wildman–Crippen MR) is 66.3 cm³/mol. The van der Waals surface area contributed by atoms with Gasteiger partial charge in [-0.3, -0.25) is 4.79 Å². The fourth-order valence-corrected chi connectivity index (χ4v) is 2.55. The van der Waals surface area contributed by atoms with E-state index in [9.17, 15) is 4.79 Å². The normalized spacial score (nSPS) is 22.9. The molecular weight excluding hydrogens is 214 g/mol. The number of H-pyrrole nitrogens is 1. The van der Waals surface area contributed by atoms with Gasteiger partial charge in [0.1, 0.15) is 0 Å². The number of aliphatic carboxylic acids is 1. The number of carbonyl (C=O) groups is 1. The van der Waals surface area contributed by atoms with Crippen LogP contribution in [0.4, 0.5) is 0 Å². The molecule has 0 spiro atoms. The fourth-order valence-electron chi connectivity index (χ4n) is 2.55. The molecule has 3 heteroatoms. The molecule has 2 aromatic rings. The van der Waals surface area contributed by atoms with Crippen LogP contribution in [0, 0.1) is 19.8 Å². The molecule has 1 heterocycles. The number of rotatable bonds is 2. The Hall–Kier alpha value is -1.77. The number of aromatic amines is 1. The van der Waals surface area contributed by atoms with E-state index in [4.69, 9.17) is 5.11 Å². The fraction of sp³-hybridized carbons (Fsp3) is 0.357. The van der Waals surface area contributed by atoms with Gasteiger partial charge in [0.15, 0.2) is 0 Å². The summed E-state index contributed by atoms with van der Waals surface area (Å²) in [4.78, 5) is 14.2. The Kier molecular flexibility index (Phi) is 2.05. The molecule has 1 aliphatic carbocycles. The Balaban J connectivity index is 2.03. The highest BCUT2D eigenvalue weighted by Crippen LogP contribution is 2.48. The van der Waals surface area contributed by atoms with Crippen molar-refractivity contribution in [3.05, 3.63) is 35.0 Å². The average molecular weight is 229 g/mol. The summed E-state index contributed by atoms with van der Waals surface area (Å²) in [7, 11) is 0. The molecule has 0 radical (unpaired) electrons. The minimum absolute atomic E-state index is 0.173. The third kappa shape index (κ3) is 1.54. The number of nitrogens with one attached hydrogen (secondary N) is 1. The number of hydrogen-bond donors (Lipinski definition) is 2. The number of aryl methyl sites for hydroxylation is 2. The summed E-state index contributed by atoms with van der Waals surface area (Å²) in [6, 6.07) is 6.25. The molecule has 0 bridgehead atoms. The lowest BCUT2D eigenvalue weighted by molar-refractivity contribution is -0.138. The van der Waals surface area contributed by atoms with Crippen LogP contribution in [0.15, 0.2) is 18.2 Å². The van der Waals surface area contributed by atoms with E-state index in [0.717, 1.165) is 17.5 Å². The van der Waals surface area contributed by atoms with Crippen LogP contribution in [0.3, 0.4) is 0 Å². The Morgan fingerprint density at radius 1 is 1.41 bits per heavy atom. The molecule has 0 amide bonds. The van der Waals surface area contributed by atoms with E-state index >= 15 is 0 Å². The Bertz CT molecular complexity index is 612. The summed E-state index contributed by atoms with van der Waals surface area (Å²) >= 11 is 0. The Morgan fingerprint density at radius 3 is 2.82 bits per heavy atom. The summed E-state index contributed by atoms with van der Waals surface area (Å²) in [6.07, 6.45) is 0.781. The molecule has 88 valence electrons. The Morgan fingerprint density at radius 2 is 2.18 bits per heavy atom. The molecule has 0 aliphatic heterocycles. The second-order valence-electron chi connectivity index (χ2n) is 4.97. The molecule has 3 nitrogen and oxygen atoms in total. The van der Waals surface area contributed by atoms with E-state index in [0.29, 0.717) is 0 Å². The summed E-state index contributed by atoms with van der Waals surface area (Å²) in [5.74, 6) is -0.628. The maximum absolute atomic E-state index is 10.9. The second-order valence-corrected chi connectivity index (χ2v) is 4.97. The van der Waals surface area contributed by atoms with Gasteiger partial charge in [-0.15, -0.1) is 0 Å². The summed E-state index contributed by atoms with van der Waals surface area (Å²) in [5.41, 5.74) is 4.74. The van der Waals surface area contributed by atoms with Gasteiger partial charge in [-0.25, -0.2) is 0 Å². The van der Waals surface area contributed by atoms with Crippen LogP contribution in [0.1, 0.15) is 29.2 Å². The van der Waals surface area contributed by atoms with Crippen LogP contribution in [0.5, 0.6) is 0 Å². The van der Waals surface area contributed by atoms with Gasteiger partial charge in [0.2, 0.25) is 0 Å². The molecular formula is C14H15NO2. The second kappa shape index (κ2) is 3.36. The van der Waals surface area contributed by atoms with E-state index < -0.39 is 5.97 Å². The highest BCUT2D eigenvalue weighted by atomic mass is 16.4. The smallest absolute Gasteiger partial charge is 0.307 e. The van der Waals surface area contributed by atoms with Gasteiger partial charge in [-0.2, -0.15) is 0 Å². The lowest BCUT2D eigenvalue weighted by Gasteiger charge is -2.00. The molecule has 0 saturated heterocycles. The number of carboxylic acid groups (broad SMARTS) is 1. The summed E-state index contributed by atoms with van der Waals surface area (Å²) in [6.45, 7) is 4.16. The first kappa shape index (κ1) is 10.4. The first-order valence-electron chi connectivity index (χ1n) is 5.89. The minimum atomic E-state index is -0.669. The van der Waals surface area contributed by atoms with Crippen LogP contribution in [-0.4, -0.2) is 16.1 Å². The zero-order valence-corrected chi connectivity index (χ0v) is 9.95.